The lowest BCUT2D eigenvalue weighted by molar-refractivity contribution is 0.261. The summed E-state index contributed by atoms with van der Waals surface area (Å²) >= 11 is 0. The van der Waals surface area contributed by atoms with Crippen LogP contribution in [0.3, 0.4) is 0 Å². The maximum atomic E-state index is 5.76. The molecule has 0 saturated heterocycles. The Morgan fingerprint density at radius 1 is 1.20 bits per heavy atom. The number of ether oxygens (including phenoxy) is 1. The van der Waals surface area contributed by atoms with E-state index in [0.29, 0.717) is 12.6 Å². The van der Waals surface area contributed by atoms with Crippen molar-refractivity contribution in [1.82, 2.24) is 10.6 Å². The lowest BCUT2D eigenvalue weighted by Crippen LogP contribution is -2.42. The van der Waals surface area contributed by atoms with Crippen LogP contribution < -0.4 is 15.4 Å². The lowest BCUT2D eigenvalue weighted by atomic mass is 10.0. The number of hydrogen-bond acceptors (Lipinski definition) is 3. The zero-order chi connectivity index (χ0) is 17.1. The number of nitrogens with one attached hydrogen (secondary N) is 2. The first kappa shape index (κ1) is 16.1. The Morgan fingerprint density at radius 2 is 2.08 bits per heavy atom. The van der Waals surface area contributed by atoms with E-state index in [9.17, 15) is 0 Å². The van der Waals surface area contributed by atoms with E-state index in [1.807, 2.05) is 24.3 Å². The molecule has 3 unspecified atom stereocenters. The minimum atomic E-state index is 0.230. The molecule has 5 nitrogen and oxygen atoms in total. The van der Waals surface area contributed by atoms with Gasteiger partial charge in [0.15, 0.2) is 5.96 Å². The van der Waals surface area contributed by atoms with Crippen LogP contribution in [-0.4, -0.2) is 25.2 Å². The van der Waals surface area contributed by atoms with Crippen molar-refractivity contribution in [1.29, 1.82) is 0 Å². The molecule has 1 aromatic heterocycles. The molecular formula is C20H25N3O2. The summed E-state index contributed by atoms with van der Waals surface area (Å²) in [5, 5.41) is 7.18. The van der Waals surface area contributed by atoms with E-state index in [1.165, 1.54) is 12.0 Å². The Kier molecular flexibility index (Phi) is 4.63. The van der Waals surface area contributed by atoms with Crippen molar-refractivity contribution < 1.29 is 9.15 Å². The van der Waals surface area contributed by atoms with E-state index in [4.69, 9.17) is 14.1 Å². The quantitative estimate of drug-likeness (QED) is 0.648. The molecule has 5 heteroatoms. The standard InChI is InChI=1S/C20H25N3O2/c1-14-13-18(14)23-20(21-10-8-15-5-4-11-24-15)22-17-9-12-25-19-7-3-2-6-16(17)19/h2-7,11,14,17-18H,8-10,12-13H2,1H3,(H2,21,22,23). The fourth-order valence-corrected chi connectivity index (χ4v) is 3.22. The van der Waals surface area contributed by atoms with Gasteiger partial charge in [-0.2, -0.15) is 0 Å². The van der Waals surface area contributed by atoms with Crippen LogP contribution >= 0.6 is 0 Å². The third kappa shape index (κ3) is 3.98. The smallest absolute Gasteiger partial charge is 0.191 e. The summed E-state index contributed by atoms with van der Waals surface area (Å²) in [6.07, 6.45) is 4.67. The molecule has 1 fully saturated rings. The van der Waals surface area contributed by atoms with Crippen LogP contribution in [0.25, 0.3) is 0 Å². The highest BCUT2D eigenvalue weighted by Gasteiger charge is 2.34. The average Bonchev–Trinajstić information content (AvgIpc) is 3.09. The molecule has 2 N–H and O–H groups in total. The summed E-state index contributed by atoms with van der Waals surface area (Å²) in [5.74, 6) is 3.56. The summed E-state index contributed by atoms with van der Waals surface area (Å²) in [5.41, 5.74) is 1.21. The molecule has 1 saturated carbocycles. The molecule has 1 aliphatic heterocycles. The molecule has 132 valence electrons. The molecule has 0 bridgehead atoms. The van der Waals surface area contributed by atoms with Crippen LogP contribution in [0.15, 0.2) is 52.1 Å². The summed E-state index contributed by atoms with van der Waals surface area (Å²) < 4.78 is 11.2. The third-order valence-corrected chi connectivity index (χ3v) is 4.91. The van der Waals surface area contributed by atoms with E-state index >= 15 is 0 Å². The Labute approximate surface area is 148 Å². The zero-order valence-electron chi connectivity index (χ0n) is 14.6. The Hall–Kier alpha value is -2.43. The minimum absolute atomic E-state index is 0.230. The zero-order valence-corrected chi connectivity index (χ0v) is 14.6. The normalized spacial score (nSPS) is 25.0. The van der Waals surface area contributed by atoms with Gasteiger partial charge in [0, 0.05) is 31.0 Å². The number of rotatable bonds is 5. The highest BCUT2D eigenvalue weighted by atomic mass is 16.5. The number of guanidine groups is 1. The highest BCUT2D eigenvalue weighted by Crippen LogP contribution is 2.32. The van der Waals surface area contributed by atoms with Crippen molar-refractivity contribution in [2.75, 3.05) is 13.2 Å². The van der Waals surface area contributed by atoms with Gasteiger partial charge in [0.1, 0.15) is 11.5 Å². The summed E-state index contributed by atoms with van der Waals surface area (Å²) in [6, 6.07) is 12.9. The topological polar surface area (TPSA) is 58.8 Å². The highest BCUT2D eigenvalue weighted by molar-refractivity contribution is 5.81. The lowest BCUT2D eigenvalue weighted by Gasteiger charge is -2.28. The molecule has 25 heavy (non-hydrogen) atoms. The number of furan rings is 1. The van der Waals surface area contributed by atoms with E-state index in [-0.39, 0.29) is 6.04 Å². The fraction of sp³-hybridized carbons (Fsp3) is 0.450. The molecule has 1 aliphatic carbocycles. The molecule has 0 spiro atoms. The molecule has 2 aromatic rings. The van der Waals surface area contributed by atoms with Gasteiger partial charge in [0.2, 0.25) is 0 Å². The van der Waals surface area contributed by atoms with Gasteiger partial charge in [-0.3, -0.25) is 4.99 Å². The van der Waals surface area contributed by atoms with Gasteiger partial charge < -0.3 is 19.8 Å². The van der Waals surface area contributed by atoms with E-state index in [2.05, 4.69) is 29.7 Å². The SMILES string of the molecule is CC1CC1NC(=NCCc1ccco1)NC1CCOc2ccccc21. The van der Waals surface area contributed by atoms with E-state index in [1.54, 1.807) is 6.26 Å². The first-order valence-electron chi connectivity index (χ1n) is 9.11. The number of aliphatic imine (C=N–C) groups is 1. The fourth-order valence-electron chi connectivity index (χ4n) is 3.22. The van der Waals surface area contributed by atoms with Crippen LogP contribution in [0.5, 0.6) is 5.75 Å². The van der Waals surface area contributed by atoms with Gasteiger partial charge in [0.25, 0.3) is 0 Å². The first-order valence-corrected chi connectivity index (χ1v) is 9.11. The Morgan fingerprint density at radius 3 is 2.88 bits per heavy atom. The van der Waals surface area contributed by atoms with Crippen molar-refractivity contribution in [3.05, 3.63) is 54.0 Å². The maximum absolute atomic E-state index is 5.76. The Bertz CT molecular complexity index is 726. The number of para-hydroxylation sites is 1. The third-order valence-electron chi connectivity index (χ3n) is 4.91. The van der Waals surface area contributed by atoms with Crippen molar-refractivity contribution in [3.8, 4) is 5.75 Å². The molecule has 2 heterocycles. The average molecular weight is 339 g/mol. The summed E-state index contributed by atoms with van der Waals surface area (Å²) in [6.45, 7) is 3.70. The number of nitrogens with zero attached hydrogens (tertiary/aromatic N) is 1. The maximum Gasteiger partial charge on any atom is 0.191 e. The molecular weight excluding hydrogens is 314 g/mol. The van der Waals surface area contributed by atoms with Gasteiger partial charge in [-0.05, 0) is 30.5 Å². The summed E-state index contributed by atoms with van der Waals surface area (Å²) in [7, 11) is 0. The van der Waals surface area contributed by atoms with E-state index < -0.39 is 0 Å². The van der Waals surface area contributed by atoms with Crippen molar-refractivity contribution in [2.45, 2.75) is 38.3 Å². The van der Waals surface area contributed by atoms with Crippen LogP contribution in [0.1, 0.15) is 37.1 Å². The molecule has 1 aromatic carbocycles. The van der Waals surface area contributed by atoms with Gasteiger partial charge in [-0.25, -0.2) is 0 Å². The molecule has 4 rings (SSSR count). The van der Waals surface area contributed by atoms with Gasteiger partial charge in [0.05, 0.1) is 18.9 Å². The van der Waals surface area contributed by atoms with Crippen LogP contribution in [-0.2, 0) is 6.42 Å². The second kappa shape index (κ2) is 7.21. The first-order chi connectivity index (χ1) is 12.3. The van der Waals surface area contributed by atoms with Crippen LogP contribution in [0.4, 0.5) is 0 Å². The number of hydrogen-bond donors (Lipinski definition) is 2. The Balaban J connectivity index is 1.44. The van der Waals surface area contributed by atoms with Gasteiger partial charge in [-0.1, -0.05) is 25.1 Å². The van der Waals surface area contributed by atoms with Crippen molar-refractivity contribution >= 4 is 5.96 Å². The molecule has 2 aliphatic rings. The molecule has 3 atom stereocenters. The second-order valence-electron chi connectivity index (χ2n) is 6.90. The van der Waals surface area contributed by atoms with Crippen LogP contribution in [0, 0.1) is 5.92 Å². The minimum Gasteiger partial charge on any atom is -0.493 e. The number of fused-ring (bicyclic) bond motifs is 1. The summed E-state index contributed by atoms with van der Waals surface area (Å²) in [4.78, 5) is 4.77. The predicted octanol–water partition coefficient (Wildman–Crippen LogP) is 3.29. The van der Waals surface area contributed by atoms with Crippen molar-refractivity contribution in [2.24, 2.45) is 10.9 Å². The van der Waals surface area contributed by atoms with Gasteiger partial charge in [-0.15, -0.1) is 0 Å². The second-order valence-corrected chi connectivity index (χ2v) is 6.90. The van der Waals surface area contributed by atoms with Gasteiger partial charge >= 0.3 is 0 Å². The predicted molar refractivity (Wildman–Crippen MR) is 97.8 cm³/mol. The molecule has 0 radical (unpaired) electrons. The van der Waals surface area contributed by atoms with E-state index in [0.717, 1.165) is 42.8 Å². The monoisotopic (exact) mass is 339 g/mol. The van der Waals surface area contributed by atoms with Crippen LogP contribution in [0.2, 0.25) is 0 Å². The van der Waals surface area contributed by atoms with Crippen molar-refractivity contribution in [3.63, 3.8) is 0 Å². The number of benzene rings is 1. The largest absolute Gasteiger partial charge is 0.493 e. The molecule has 0 amide bonds.